The number of hydrogen-bond acceptors (Lipinski definition) is 3. The number of aromatic nitrogens is 1. The fourth-order valence-electron chi connectivity index (χ4n) is 4.26. The van der Waals surface area contributed by atoms with E-state index >= 15 is 0 Å². The largest absolute Gasteiger partial charge is 0.376 e. The predicted molar refractivity (Wildman–Crippen MR) is 92.2 cm³/mol. The quantitative estimate of drug-likeness (QED) is 0.795. The molecule has 0 amide bonds. The van der Waals surface area contributed by atoms with Crippen molar-refractivity contribution < 1.29 is 4.74 Å². The van der Waals surface area contributed by atoms with Gasteiger partial charge in [0.2, 0.25) is 0 Å². The Kier molecular flexibility index (Phi) is 4.96. The number of ether oxygens (including phenoxy) is 1. The van der Waals surface area contributed by atoms with Crippen molar-refractivity contribution in [3.63, 3.8) is 0 Å². The molecule has 0 unspecified atom stereocenters. The summed E-state index contributed by atoms with van der Waals surface area (Å²) < 4.78 is 5.90. The molecule has 0 spiro atoms. The molecule has 3 heteroatoms. The van der Waals surface area contributed by atoms with Crippen LogP contribution in [0.3, 0.4) is 0 Å². The summed E-state index contributed by atoms with van der Waals surface area (Å²) in [4.78, 5) is 7.15. The summed E-state index contributed by atoms with van der Waals surface area (Å²) in [6.45, 7) is 5.30. The van der Waals surface area contributed by atoms with Crippen molar-refractivity contribution in [2.45, 2.75) is 64.5 Å². The second-order valence-electron chi connectivity index (χ2n) is 7.88. The first kappa shape index (κ1) is 15.6. The van der Waals surface area contributed by atoms with Gasteiger partial charge in [0.05, 0.1) is 6.61 Å². The molecule has 23 heavy (non-hydrogen) atoms. The molecular weight excluding hydrogens is 284 g/mol. The van der Waals surface area contributed by atoms with Gasteiger partial charge >= 0.3 is 0 Å². The van der Waals surface area contributed by atoms with Gasteiger partial charge in [-0.3, -0.25) is 9.88 Å². The molecular formula is C20H30N2O. The minimum Gasteiger partial charge on any atom is -0.376 e. The first-order valence-electron chi connectivity index (χ1n) is 9.63. The topological polar surface area (TPSA) is 25.4 Å². The van der Waals surface area contributed by atoms with Crippen molar-refractivity contribution in [3.05, 3.63) is 29.1 Å². The molecule has 2 saturated carbocycles. The average molecular weight is 314 g/mol. The molecule has 3 nitrogen and oxygen atoms in total. The van der Waals surface area contributed by atoms with Crippen LogP contribution in [-0.4, -0.2) is 29.6 Å². The van der Waals surface area contributed by atoms with Gasteiger partial charge in [-0.15, -0.1) is 0 Å². The lowest BCUT2D eigenvalue weighted by molar-refractivity contribution is 0.109. The summed E-state index contributed by atoms with van der Waals surface area (Å²) in [5.74, 6) is 1.77. The van der Waals surface area contributed by atoms with Crippen molar-refractivity contribution in [1.82, 2.24) is 9.88 Å². The van der Waals surface area contributed by atoms with E-state index < -0.39 is 0 Å². The first-order valence-corrected chi connectivity index (χ1v) is 9.63. The van der Waals surface area contributed by atoms with Crippen molar-refractivity contribution in [2.75, 3.05) is 19.7 Å². The first-order chi connectivity index (χ1) is 11.4. The zero-order chi connectivity index (χ0) is 15.5. The second-order valence-corrected chi connectivity index (χ2v) is 7.88. The van der Waals surface area contributed by atoms with Gasteiger partial charge in [0, 0.05) is 38.6 Å². The van der Waals surface area contributed by atoms with Crippen molar-refractivity contribution in [3.8, 4) is 0 Å². The Morgan fingerprint density at radius 2 is 1.91 bits per heavy atom. The van der Waals surface area contributed by atoms with Crippen molar-refractivity contribution in [2.24, 2.45) is 11.8 Å². The zero-order valence-corrected chi connectivity index (χ0v) is 14.3. The fraction of sp³-hybridized carbons (Fsp3) is 0.750. The van der Waals surface area contributed by atoms with Crippen LogP contribution in [0.15, 0.2) is 12.4 Å². The van der Waals surface area contributed by atoms with Gasteiger partial charge in [0.25, 0.3) is 0 Å². The lowest BCUT2D eigenvalue weighted by Crippen LogP contribution is -2.35. The minimum atomic E-state index is 0.759. The molecule has 0 atom stereocenters. The number of hydrogen-bond donors (Lipinski definition) is 0. The molecule has 1 aromatic heterocycles. The third-order valence-corrected chi connectivity index (χ3v) is 5.86. The molecule has 1 aliphatic heterocycles. The maximum Gasteiger partial charge on any atom is 0.0734 e. The van der Waals surface area contributed by atoms with Crippen LogP contribution in [0.5, 0.6) is 0 Å². The van der Waals surface area contributed by atoms with E-state index in [0.29, 0.717) is 0 Å². The Hall–Kier alpha value is -0.930. The fourth-order valence-corrected chi connectivity index (χ4v) is 4.26. The molecule has 2 aliphatic carbocycles. The normalized spacial score (nSPS) is 23.0. The van der Waals surface area contributed by atoms with Gasteiger partial charge in [-0.2, -0.15) is 0 Å². The van der Waals surface area contributed by atoms with Crippen molar-refractivity contribution in [1.29, 1.82) is 0 Å². The minimum absolute atomic E-state index is 0.759. The van der Waals surface area contributed by atoms with Gasteiger partial charge in [-0.25, -0.2) is 0 Å². The van der Waals surface area contributed by atoms with Gasteiger partial charge < -0.3 is 4.74 Å². The predicted octanol–water partition coefficient (Wildman–Crippen LogP) is 3.95. The van der Waals surface area contributed by atoms with Gasteiger partial charge in [0.15, 0.2) is 0 Å². The van der Waals surface area contributed by atoms with E-state index in [4.69, 9.17) is 4.74 Å². The second kappa shape index (κ2) is 7.31. The summed E-state index contributed by atoms with van der Waals surface area (Å²) in [6, 6.07) is 0. The molecule has 1 aromatic rings. The average Bonchev–Trinajstić information content (AvgIpc) is 3.40. The summed E-state index contributed by atoms with van der Waals surface area (Å²) in [6.07, 6.45) is 15.2. The number of fused-ring (bicyclic) bond motifs is 1. The molecule has 0 radical (unpaired) electrons. The Morgan fingerprint density at radius 3 is 2.74 bits per heavy atom. The molecule has 3 aliphatic rings. The van der Waals surface area contributed by atoms with E-state index in [1.54, 1.807) is 0 Å². The highest BCUT2D eigenvalue weighted by Crippen LogP contribution is 2.30. The number of rotatable bonds is 6. The van der Waals surface area contributed by atoms with Gasteiger partial charge in [-0.1, -0.05) is 19.3 Å². The molecule has 0 N–H and O–H groups in total. The Bertz CT molecular complexity index is 520. The third kappa shape index (κ3) is 4.13. The molecule has 0 saturated heterocycles. The Labute approximate surface area is 140 Å². The molecule has 2 fully saturated rings. The van der Waals surface area contributed by atoms with E-state index in [2.05, 4.69) is 16.1 Å². The van der Waals surface area contributed by atoms with Crippen LogP contribution in [0.2, 0.25) is 0 Å². The van der Waals surface area contributed by atoms with Gasteiger partial charge in [0.1, 0.15) is 0 Å². The van der Waals surface area contributed by atoms with Crippen LogP contribution < -0.4 is 0 Å². The Balaban J connectivity index is 1.34. The van der Waals surface area contributed by atoms with Crippen LogP contribution in [0.25, 0.3) is 0 Å². The third-order valence-electron chi connectivity index (χ3n) is 5.86. The highest BCUT2D eigenvalue weighted by molar-refractivity contribution is 5.33. The van der Waals surface area contributed by atoms with E-state index in [9.17, 15) is 0 Å². The molecule has 0 bridgehead atoms. The molecule has 126 valence electrons. The smallest absolute Gasteiger partial charge is 0.0734 e. The Morgan fingerprint density at radius 1 is 1.04 bits per heavy atom. The maximum atomic E-state index is 5.90. The SMILES string of the molecule is c1ncc2c(c1COCC1CC1)CCN(CC1CCCCC1)C2. The van der Waals surface area contributed by atoms with Crippen LogP contribution in [0.4, 0.5) is 0 Å². The lowest BCUT2D eigenvalue weighted by atomic mass is 9.88. The van der Waals surface area contributed by atoms with E-state index in [-0.39, 0.29) is 0 Å². The summed E-state index contributed by atoms with van der Waals surface area (Å²) >= 11 is 0. The number of pyridine rings is 1. The summed E-state index contributed by atoms with van der Waals surface area (Å²) in [5.41, 5.74) is 4.30. The van der Waals surface area contributed by atoms with Crippen molar-refractivity contribution >= 4 is 0 Å². The number of nitrogens with zero attached hydrogens (tertiary/aromatic N) is 2. The van der Waals surface area contributed by atoms with Gasteiger partial charge in [-0.05, 0) is 60.6 Å². The monoisotopic (exact) mass is 314 g/mol. The summed E-state index contributed by atoms with van der Waals surface area (Å²) in [7, 11) is 0. The maximum absolute atomic E-state index is 5.90. The van der Waals surface area contributed by atoms with Crippen LogP contribution >= 0.6 is 0 Å². The highest BCUT2D eigenvalue weighted by Gasteiger charge is 2.24. The molecule has 4 rings (SSSR count). The molecule has 0 aromatic carbocycles. The standard InChI is InChI=1S/C20H30N2O/c1-2-4-16(5-3-1)12-22-9-8-20-18(13-22)10-21-11-19(20)15-23-14-17-6-7-17/h10-11,16-17H,1-9,12-15H2. The van der Waals surface area contributed by atoms with Crippen LogP contribution in [0.1, 0.15) is 61.6 Å². The van der Waals surface area contributed by atoms with E-state index in [1.165, 1.54) is 81.1 Å². The zero-order valence-electron chi connectivity index (χ0n) is 14.3. The van der Waals surface area contributed by atoms with E-state index in [0.717, 1.165) is 31.6 Å². The van der Waals surface area contributed by atoms with Crippen LogP contribution in [-0.2, 0) is 24.3 Å². The lowest BCUT2D eigenvalue weighted by Gasteiger charge is -2.33. The molecule has 2 heterocycles. The highest BCUT2D eigenvalue weighted by atomic mass is 16.5. The van der Waals surface area contributed by atoms with Crippen LogP contribution in [0, 0.1) is 11.8 Å². The van der Waals surface area contributed by atoms with E-state index in [1.807, 2.05) is 6.20 Å². The summed E-state index contributed by atoms with van der Waals surface area (Å²) in [5, 5.41) is 0.